The van der Waals surface area contributed by atoms with Crippen molar-refractivity contribution in [3.05, 3.63) is 36.7 Å². The molecule has 0 atom stereocenters. The molecule has 13 heavy (non-hydrogen) atoms. The number of hydrogen-bond donors (Lipinski definition) is 3. The molecule has 5 nitrogen and oxygen atoms in total. The Morgan fingerprint density at radius 3 is 1.92 bits per heavy atom. The highest BCUT2D eigenvalue weighted by atomic mass is 31.2. The Morgan fingerprint density at radius 1 is 1.31 bits per heavy atom. The normalized spacial score (nSPS) is 9.77. The van der Waals surface area contributed by atoms with Gasteiger partial charge in [-0.05, 0) is 17.7 Å². The Kier molecular flexibility index (Phi) is 5.18. The third kappa shape index (κ3) is 11.0. The molecule has 0 spiro atoms. The van der Waals surface area contributed by atoms with Gasteiger partial charge >= 0.3 is 7.82 Å². The quantitative estimate of drug-likeness (QED) is 0.587. The van der Waals surface area contributed by atoms with E-state index in [1.807, 2.05) is 12.1 Å². The number of hydrogen-bond acceptors (Lipinski definition) is 2. The standard InChI is InChI=1S/C7H7N.H3O4P/c1-2-7-3-5-8-6-4-7;1-5(2,3)4/h2-6H,1H2;(H3,1,2,3,4). The molecule has 6 heteroatoms. The predicted molar refractivity (Wildman–Crippen MR) is 48.6 cm³/mol. The van der Waals surface area contributed by atoms with Crippen molar-refractivity contribution >= 4 is 13.9 Å². The van der Waals surface area contributed by atoms with Gasteiger partial charge in [0, 0.05) is 12.4 Å². The Balaban J connectivity index is 0.000000252. The van der Waals surface area contributed by atoms with Crippen LogP contribution in [0.15, 0.2) is 31.1 Å². The molecule has 0 radical (unpaired) electrons. The van der Waals surface area contributed by atoms with Crippen LogP contribution < -0.4 is 0 Å². The fraction of sp³-hybridized carbons (Fsp3) is 0. The largest absolute Gasteiger partial charge is 0.466 e. The summed E-state index contributed by atoms with van der Waals surface area (Å²) < 4.78 is 8.88. The van der Waals surface area contributed by atoms with Crippen molar-refractivity contribution in [1.82, 2.24) is 4.98 Å². The summed E-state index contributed by atoms with van der Waals surface area (Å²) in [6, 6.07) is 3.82. The first-order valence-corrected chi connectivity index (χ1v) is 4.81. The van der Waals surface area contributed by atoms with E-state index in [1.165, 1.54) is 0 Å². The van der Waals surface area contributed by atoms with Gasteiger partial charge in [-0.2, -0.15) is 0 Å². The van der Waals surface area contributed by atoms with Gasteiger partial charge in [0.05, 0.1) is 0 Å². The maximum atomic E-state index is 8.88. The minimum Gasteiger partial charge on any atom is -0.303 e. The highest BCUT2D eigenvalue weighted by molar-refractivity contribution is 7.45. The number of pyridine rings is 1. The molecule has 0 unspecified atom stereocenters. The smallest absolute Gasteiger partial charge is 0.303 e. The lowest BCUT2D eigenvalue weighted by Gasteiger charge is -1.84. The van der Waals surface area contributed by atoms with Gasteiger partial charge in [0.2, 0.25) is 0 Å². The van der Waals surface area contributed by atoms with Gasteiger partial charge in [-0.25, -0.2) is 4.57 Å². The highest BCUT2D eigenvalue weighted by Gasteiger charge is 2.00. The first kappa shape index (κ1) is 12.0. The first-order valence-electron chi connectivity index (χ1n) is 3.24. The summed E-state index contributed by atoms with van der Waals surface area (Å²) in [5, 5.41) is 0. The van der Waals surface area contributed by atoms with Crippen molar-refractivity contribution in [2.24, 2.45) is 0 Å². The topological polar surface area (TPSA) is 90.7 Å². The zero-order chi connectivity index (χ0) is 10.3. The summed E-state index contributed by atoms with van der Waals surface area (Å²) in [5.74, 6) is 0. The lowest BCUT2D eigenvalue weighted by atomic mass is 10.3. The van der Waals surface area contributed by atoms with Crippen molar-refractivity contribution in [3.63, 3.8) is 0 Å². The van der Waals surface area contributed by atoms with E-state index in [2.05, 4.69) is 11.6 Å². The average Bonchev–Trinajstić information content (AvgIpc) is 2.03. The second kappa shape index (κ2) is 5.61. The molecule has 1 aromatic rings. The third-order valence-electron chi connectivity index (χ3n) is 0.942. The molecule has 0 aliphatic rings. The average molecular weight is 203 g/mol. The van der Waals surface area contributed by atoms with E-state index in [1.54, 1.807) is 18.5 Å². The van der Waals surface area contributed by atoms with Crippen LogP contribution in [0.5, 0.6) is 0 Å². The molecule has 0 saturated heterocycles. The van der Waals surface area contributed by atoms with Gasteiger partial charge in [-0.15, -0.1) is 0 Å². The minimum absolute atomic E-state index is 1.11. The predicted octanol–water partition coefficient (Wildman–Crippen LogP) is 0.796. The van der Waals surface area contributed by atoms with Crippen LogP contribution in [0, 0.1) is 0 Å². The SMILES string of the molecule is C=Cc1ccncc1.O=P(O)(O)O. The van der Waals surface area contributed by atoms with Crippen molar-refractivity contribution < 1.29 is 19.2 Å². The van der Waals surface area contributed by atoms with Crippen molar-refractivity contribution in [2.75, 3.05) is 0 Å². The van der Waals surface area contributed by atoms with Gasteiger partial charge in [0.15, 0.2) is 0 Å². The number of rotatable bonds is 1. The van der Waals surface area contributed by atoms with Gasteiger partial charge in [0.25, 0.3) is 0 Å². The summed E-state index contributed by atoms with van der Waals surface area (Å²) in [6.07, 6.45) is 5.29. The van der Waals surface area contributed by atoms with E-state index in [4.69, 9.17) is 19.2 Å². The third-order valence-corrected chi connectivity index (χ3v) is 0.942. The lowest BCUT2D eigenvalue weighted by molar-refractivity contribution is 0.275. The summed E-state index contributed by atoms with van der Waals surface area (Å²) in [4.78, 5) is 25.4. The molecular formula is C7H10NO4P. The van der Waals surface area contributed by atoms with Crippen molar-refractivity contribution in [2.45, 2.75) is 0 Å². The number of aromatic nitrogens is 1. The molecule has 72 valence electrons. The van der Waals surface area contributed by atoms with Gasteiger partial charge < -0.3 is 14.7 Å². The van der Waals surface area contributed by atoms with E-state index in [0.29, 0.717) is 0 Å². The maximum absolute atomic E-state index is 8.88. The highest BCUT2D eigenvalue weighted by Crippen LogP contribution is 2.25. The Morgan fingerprint density at radius 2 is 1.69 bits per heavy atom. The molecule has 1 aromatic heterocycles. The maximum Gasteiger partial charge on any atom is 0.466 e. The van der Waals surface area contributed by atoms with Gasteiger partial charge in [-0.3, -0.25) is 4.98 Å². The fourth-order valence-corrected chi connectivity index (χ4v) is 0.500. The van der Waals surface area contributed by atoms with E-state index in [9.17, 15) is 0 Å². The molecule has 0 aliphatic carbocycles. The molecule has 0 aromatic carbocycles. The van der Waals surface area contributed by atoms with Crippen LogP contribution in [0.25, 0.3) is 6.08 Å². The van der Waals surface area contributed by atoms with E-state index < -0.39 is 7.82 Å². The second-order valence-electron chi connectivity index (χ2n) is 2.00. The van der Waals surface area contributed by atoms with Crippen LogP contribution in [-0.2, 0) is 4.57 Å². The Hall–Kier alpha value is -1.00. The van der Waals surface area contributed by atoms with Crippen molar-refractivity contribution in [3.8, 4) is 0 Å². The fourth-order valence-electron chi connectivity index (χ4n) is 0.500. The van der Waals surface area contributed by atoms with Crippen LogP contribution in [0.3, 0.4) is 0 Å². The van der Waals surface area contributed by atoms with Gasteiger partial charge in [0.1, 0.15) is 0 Å². The Bertz CT molecular complexity index is 286. The monoisotopic (exact) mass is 203 g/mol. The number of phosphoric acid groups is 1. The molecule has 1 heterocycles. The van der Waals surface area contributed by atoms with E-state index >= 15 is 0 Å². The molecule has 1 rings (SSSR count). The zero-order valence-electron chi connectivity index (χ0n) is 6.74. The molecule has 0 amide bonds. The molecule has 0 saturated carbocycles. The summed E-state index contributed by atoms with van der Waals surface area (Å²) in [7, 11) is -4.64. The minimum atomic E-state index is -4.64. The van der Waals surface area contributed by atoms with E-state index in [0.717, 1.165) is 5.56 Å². The lowest BCUT2D eigenvalue weighted by Crippen LogP contribution is -1.69. The molecular weight excluding hydrogens is 193 g/mol. The van der Waals surface area contributed by atoms with Crippen LogP contribution >= 0.6 is 7.82 Å². The van der Waals surface area contributed by atoms with Crippen LogP contribution in [0.1, 0.15) is 5.56 Å². The second-order valence-corrected chi connectivity index (χ2v) is 3.02. The summed E-state index contributed by atoms with van der Waals surface area (Å²) in [5.41, 5.74) is 1.11. The molecule has 0 fully saturated rings. The summed E-state index contributed by atoms with van der Waals surface area (Å²) >= 11 is 0. The first-order chi connectivity index (χ1) is 5.93. The number of nitrogens with zero attached hydrogens (tertiary/aromatic N) is 1. The molecule has 0 bridgehead atoms. The molecule has 0 aliphatic heterocycles. The van der Waals surface area contributed by atoms with Crippen LogP contribution in [-0.4, -0.2) is 19.7 Å². The molecule has 3 N–H and O–H groups in total. The van der Waals surface area contributed by atoms with Gasteiger partial charge in [-0.1, -0.05) is 12.7 Å². The Labute approximate surface area is 75.6 Å². The zero-order valence-corrected chi connectivity index (χ0v) is 7.63. The van der Waals surface area contributed by atoms with Crippen LogP contribution in [0.2, 0.25) is 0 Å². The summed E-state index contributed by atoms with van der Waals surface area (Å²) in [6.45, 7) is 3.60. The van der Waals surface area contributed by atoms with Crippen LogP contribution in [0.4, 0.5) is 0 Å². The van der Waals surface area contributed by atoms with E-state index in [-0.39, 0.29) is 0 Å². The van der Waals surface area contributed by atoms with Crippen molar-refractivity contribution in [1.29, 1.82) is 0 Å².